The maximum absolute atomic E-state index is 6.16. The van der Waals surface area contributed by atoms with Gasteiger partial charge in [0.2, 0.25) is 0 Å². The van der Waals surface area contributed by atoms with Gasteiger partial charge < -0.3 is 10.5 Å². The number of methoxy groups -OCH3 is 1. The van der Waals surface area contributed by atoms with Crippen molar-refractivity contribution < 1.29 is 4.74 Å². The molecule has 1 fully saturated rings. The molecular weight excluding hydrogens is 164 g/mol. The first-order valence-corrected chi connectivity index (χ1v) is 5.13. The molecule has 1 atom stereocenters. The van der Waals surface area contributed by atoms with Crippen molar-refractivity contribution in [2.45, 2.75) is 38.3 Å². The minimum absolute atomic E-state index is 0.0940. The van der Waals surface area contributed by atoms with E-state index in [1.54, 1.807) is 7.11 Å². The van der Waals surface area contributed by atoms with Crippen LogP contribution in [0.25, 0.3) is 0 Å². The monoisotopic (exact) mass is 186 g/mol. The molecule has 0 saturated carbocycles. The first-order valence-electron chi connectivity index (χ1n) is 5.13. The molecule has 0 amide bonds. The highest BCUT2D eigenvalue weighted by atomic mass is 16.5. The van der Waals surface area contributed by atoms with Crippen LogP contribution in [0.5, 0.6) is 0 Å². The van der Waals surface area contributed by atoms with E-state index in [1.165, 1.54) is 6.42 Å². The Bertz CT molecular complexity index is 155. The lowest BCUT2D eigenvalue weighted by Gasteiger charge is -2.50. The van der Waals surface area contributed by atoms with Gasteiger partial charge in [-0.1, -0.05) is 13.3 Å². The zero-order valence-corrected chi connectivity index (χ0v) is 9.05. The molecule has 1 rings (SSSR count). The number of hydrogen-bond donors (Lipinski definition) is 1. The smallest absolute Gasteiger partial charge is 0.0615 e. The lowest BCUT2D eigenvalue weighted by molar-refractivity contribution is -0.000370. The fourth-order valence-electron chi connectivity index (χ4n) is 2.08. The summed E-state index contributed by atoms with van der Waals surface area (Å²) in [6, 6.07) is 0.513. The quantitative estimate of drug-likeness (QED) is 0.691. The summed E-state index contributed by atoms with van der Waals surface area (Å²) in [5.41, 5.74) is 6.25. The van der Waals surface area contributed by atoms with Gasteiger partial charge >= 0.3 is 0 Å². The van der Waals surface area contributed by atoms with Crippen molar-refractivity contribution in [2.24, 2.45) is 5.73 Å². The molecule has 0 aromatic rings. The summed E-state index contributed by atoms with van der Waals surface area (Å²) in [6.07, 6.45) is 2.33. The largest absolute Gasteiger partial charge is 0.383 e. The van der Waals surface area contributed by atoms with Crippen LogP contribution >= 0.6 is 0 Å². The second-order valence-corrected chi connectivity index (χ2v) is 4.32. The number of nitrogens with zero attached hydrogens (tertiary/aromatic N) is 1. The summed E-state index contributed by atoms with van der Waals surface area (Å²) < 4.78 is 5.11. The average molecular weight is 186 g/mol. The van der Waals surface area contributed by atoms with Gasteiger partial charge in [0.05, 0.1) is 6.61 Å². The molecule has 0 aliphatic carbocycles. The van der Waals surface area contributed by atoms with Gasteiger partial charge in [-0.15, -0.1) is 0 Å². The highest BCUT2D eigenvalue weighted by molar-refractivity contribution is 5.00. The summed E-state index contributed by atoms with van der Waals surface area (Å²) in [6.45, 7) is 7.25. The Kier molecular flexibility index (Phi) is 3.71. The predicted molar refractivity (Wildman–Crippen MR) is 54.7 cm³/mol. The molecule has 0 radical (unpaired) electrons. The summed E-state index contributed by atoms with van der Waals surface area (Å²) in [4.78, 5) is 2.39. The Morgan fingerprint density at radius 3 is 2.62 bits per heavy atom. The van der Waals surface area contributed by atoms with Crippen LogP contribution in [0.2, 0.25) is 0 Å². The summed E-state index contributed by atoms with van der Waals surface area (Å²) in [5, 5.41) is 0. The van der Waals surface area contributed by atoms with Crippen LogP contribution in [-0.4, -0.2) is 43.3 Å². The van der Waals surface area contributed by atoms with E-state index in [-0.39, 0.29) is 5.54 Å². The Morgan fingerprint density at radius 2 is 2.15 bits per heavy atom. The third-order valence-corrected chi connectivity index (χ3v) is 2.82. The summed E-state index contributed by atoms with van der Waals surface area (Å²) in [7, 11) is 1.75. The lowest BCUT2D eigenvalue weighted by Crippen LogP contribution is -2.69. The van der Waals surface area contributed by atoms with Gasteiger partial charge in [0.15, 0.2) is 0 Å². The fraction of sp³-hybridized carbons (Fsp3) is 1.00. The SMILES string of the molecule is CCCC1(N)CN(C(C)COC)C1. The van der Waals surface area contributed by atoms with Crippen LogP contribution in [0.1, 0.15) is 26.7 Å². The summed E-state index contributed by atoms with van der Waals surface area (Å²) in [5.74, 6) is 0. The van der Waals surface area contributed by atoms with E-state index in [2.05, 4.69) is 18.7 Å². The van der Waals surface area contributed by atoms with Gasteiger partial charge in [-0.3, -0.25) is 4.90 Å². The van der Waals surface area contributed by atoms with E-state index in [0.29, 0.717) is 6.04 Å². The van der Waals surface area contributed by atoms with E-state index < -0.39 is 0 Å². The van der Waals surface area contributed by atoms with E-state index in [1.807, 2.05) is 0 Å². The van der Waals surface area contributed by atoms with Gasteiger partial charge in [-0.05, 0) is 13.3 Å². The zero-order valence-electron chi connectivity index (χ0n) is 9.05. The maximum atomic E-state index is 6.16. The molecule has 1 saturated heterocycles. The van der Waals surface area contributed by atoms with Crippen LogP contribution in [-0.2, 0) is 4.74 Å². The molecule has 13 heavy (non-hydrogen) atoms. The van der Waals surface area contributed by atoms with Crippen LogP contribution in [0.4, 0.5) is 0 Å². The van der Waals surface area contributed by atoms with Crippen LogP contribution in [0.15, 0.2) is 0 Å². The van der Waals surface area contributed by atoms with Crippen LogP contribution < -0.4 is 5.73 Å². The molecule has 1 unspecified atom stereocenters. The summed E-state index contributed by atoms with van der Waals surface area (Å²) >= 11 is 0. The first-order chi connectivity index (χ1) is 6.11. The van der Waals surface area contributed by atoms with Gasteiger partial charge in [0.1, 0.15) is 0 Å². The van der Waals surface area contributed by atoms with E-state index in [4.69, 9.17) is 10.5 Å². The molecule has 3 heteroatoms. The van der Waals surface area contributed by atoms with Crippen molar-refractivity contribution in [3.05, 3.63) is 0 Å². The van der Waals surface area contributed by atoms with Crippen molar-refractivity contribution in [2.75, 3.05) is 26.8 Å². The highest BCUT2D eigenvalue weighted by Gasteiger charge is 2.40. The third-order valence-electron chi connectivity index (χ3n) is 2.82. The molecule has 1 heterocycles. The molecule has 1 aliphatic heterocycles. The van der Waals surface area contributed by atoms with Crippen molar-refractivity contribution in [1.29, 1.82) is 0 Å². The minimum atomic E-state index is 0.0940. The number of rotatable bonds is 5. The Balaban J connectivity index is 2.23. The first kappa shape index (κ1) is 11.0. The lowest BCUT2D eigenvalue weighted by atomic mass is 9.85. The average Bonchev–Trinajstić information content (AvgIpc) is 2.01. The minimum Gasteiger partial charge on any atom is -0.383 e. The second-order valence-electron chi connectivity index (χ2n) is 4.32. The number of nitrogens with two attached hydrogens (primary N) is 1. The van der Waals surface area contributed by atoms with Gasteiger partial charge in [-0.2, -0.15) is 0 Å². The Labute approximate surface area is 81.2 Å². The van der Waals surface area contributed by atoms with Gasteiger partial charge in [0.25, 0.3) is 0 Å². The molecular formula is C10H22N2O. The van der Waals surface area contributed by atoms with E-state index in [9.17, 15) is 0 Å². The number of likely N-dealkylation sites (tertiary alicyclic amines) is 1. The molecule has 0 aromatic heterocycles. The Morgan fingerprint density at radius 1 is 1.54 bits per heavy atom. The van der Waals surface area contributed by atoms with Crippen molar-refractivity contribution >= 4 is 0 Å². The van der Waals surface area contributed by atoms with E-state index >= 15 is 0 Å². The van der Waals surface area contributed by atoms with Crippen LogP contribution in [0, 0.1) is 0 Å². The topological polar surface area (TPSA) is 38.5 Å². The standard InChI is InChI=1S/C10H22N2O/c1-4-5-10(11)7-12(8-10)9(2)6-13-3/h9H,4-8,11H2,1-3H3. The number of ether oxygens (including phenoxy) is 1. The van der Waals surface area contributed by atoms with E-state index in [0.717, 1.165) is 26.1 Å². The zero-order chi connectivity index (χ0) is 9.90. The van der Waals surface area contributed by atoms with Gasteiger partial charge in [-0.25, -0.2) is 0 Å². The highest BCUT2D eigenvalue weighted by Crippen LogP contribution is 2.25. The second kappa shape index (κ2) is 4.40. The third kappa shape index (κ3) is 2.66. The predicted octanol–water partition coefficient (Wildman–Crippen LogP) is 0.834. The van der Waals surface area contributed by atoms with Crippen molar-refractivity contribution in [3.8, 4) is 0 Å². The van der Waals surface area contributed by atoms with Crippen LogP contribution in [0.3, 0.4) is 0 Å². The molecule has 3 nitrogen and oxygen atoms in total. The molecule has 0 bridgehead atoms. The molecule has 78 valence electrons. The molecule has 0 spiro atoms. The Hall–Kier alpha value is -0.120. The number of hydrogen-bond acceptors (Lipinski definition) is 3. The molecule has 2 N–H and O–H groups in total. The van der Waals surface area contributed by atoms with Crippen molar-refractivity contribution in [1.82, 2.24) is 4.90 Å². The molecule has 0 aromatic carbocycles. The molecule has 1 aliphatic rings. The van der Waals surface area contributed by atoms with Crippen molar-refractivity contribution in [3.63, 3.8) is 0 Å². The van der Waals surface area contributed by atoms with Gasteiger partial charge in [0, 0.05) is 31.8 Å². The maximum Gasteiger partial charge on any atom is 0.0615 e. The fourth-order valence-corrected chi connectivity index (χ4v) is 2.08. The normalized spacial score (nSPS) is 24.0.